The van der Waals surface area contributed by atoms with E-state index in [0.29, 0.717) is 38.3 Å². The molecule has 1 spiro atoms. The Morgan fingerprint density at radius 1 is 1.03 bits per heavy atom. The van der Waals surface area contributed by atoms with Crippen molar-refractivity contribution in [3.05, 3.63) is 65.0 Å². The molecule has 4 aliphatic heterocycles. The van der Waals surface area contributed by atoms with Gasteiger partial charge in [0.2, 0.25) is 0 Å². The van der Waals surface area contributed by atoms with Crippen LogP contribution in [-0.4, -0.2) is 107 Å². The normalized spacial score (nSPS) is 21.8. The van der Waals surface area contributed by atoms with Gasteiger partial charge in [-0.3, -0.25) is 14.7 Å². The number of fused-ring (bicyclic) bond motifs is 1. The Bertz CT molecular complexity index is 1130. The van der Waals surface area contributed by atoms with Crippen LogP contribution in [0.1, 0.15) is 27.2 Å². The SMILES string of the molecule is O=C(c1ccc(CN2CCN(C[C@H](O)CN3CCc4ccccc4C3)C2=O)nc1)N1CC2(COC2)C1. The Labute approximate surface area is 211 Å². The van der Waals surface area contributed by atoms with Crippen LogP contribution in [0.2, 0.25) is 0 Å². The molecule has 0 radical (unpaired) electrons. The molecule has 0 aliphatic carbocycles. The van der Waals surface area contributed by atoms with Crippen LogP contribution in [0.4, 0.5) is 4.79 Å². The average molecular weight is 492 g/mol. The predicted molar refractivity (Wildman–Crippen MR) is 132 cm³/mol. The second-order valence-electron chi connectivity index (χ2n) is 10.8. The molecule has 1 aromatic heterocycles. The Kier molecular flexibility index (Phi) is 6.15. The molecule has 0 saturated carbocycles. The Balaban J connectivity index is 0.972. The number of hydrogen-bond donors (Lipinski definition) is 1. The summed E-state index contributed by atoms with van der Waals surface area (Å²) in [7, 11) is 0. The lowest BCUT2D eigenvalue weighted by Gasteiger charge is -2.54. The summed E-state index contributed by atoms with van der Waals surface area (Å²) in [6.07, 6.45) is 2.01. The van der Waals surface area contributed by atoms with Gasteiger partial charge in [0, 0.05) is 58.6 Å². The number of ether oxygens (including phenoxy) is 1. The van der Waals surface area contributed by atoms with Gasteiger partial charge in [-0.1, -0.05) is 24.3 Å². The summed E-state index contributed by atoms with van der Waals surface area (Å²) in [4.78, 5) is 37.6. The van der Waals surface area contributed by atoms with Gasteiger partial charge in [0.15, 0.2) is 0 Å². The van der Waals surface area contributed by atoms with Crippen LogP contribution in [0.3, 0.4) is 0 Å². The number of likely N-dealkylation sites (tertiary alicyclic amines) is 1. The van der Waals surface area contributed by atoms with Crippen molar-refractivity contribution in [1.29, 1.82) is 0 Å². The molecule has 1 aromatic carbocycles. The van der Waals surface area contributed by atoms with Crippen molar-refractivity contribution in [2.24, 2.45) is 5.41 Å². The Morgan fingerprint density at radius 2 is 1.81 bits per heavy atom. The quantitative estimate of drug-likeness (QED) is 0.627. The van der Waals surface area contributed by atoms with E-state index in [0.717, 1.165) is 51.5 Å². The fourth-order valence-electron chi connectivity index (χ4n) is 5.77. The minimum atomic E-state index is -0.588. The molecule has 3 saturated heterocycles. The highest BCUT2D eigenvalue weighted by molar-refractivity contribution is 5.94. The van der Waals surface area contributed by atoms with Crippen LogP contribution in [0, 0.1) is 5.41 Å². The Hall–Kier alpha value is -3.01. The molecule has 3 fully saturated rings. The van der Waals surface area contributed by atoms with Crippen molar-refractivity contribution in [2.75, 3.05) is 59.0 Å². The second-order valence-corrected chi connectivity index (χ2v) is 10.8. The third-order valence-corrected chi connectivity index (χ3v) is 7.87. The minimum Gasteiger partial charge on any atom is -0.390 e. The molecule has 9 nitrogen and oxygen atoms in total. The fraction of sp³-hybridized carbons (Fsp3) is 0.519. The molecule has 1 atom stereocenters. The molecular weight excluding hydrogens is 458 g/mol. The van der Waals surface area contributed by atoms with E-state index in [1.165, 1.54) is 11.1 Å². The smallest absolute Gasteiger partial charge is 0.320 e. The number of urea groups is 1. The molecule has 5 heterocycles. The predicted octanol–water partition coefficient (Wildman–Crippen LogP) is 1.21. The van der Waals surface area contributed by atoms with Crippen LogP contribution in [0.15, 0.2) is 42.6 Å². The zero-order valence-electron chi connectivity index (χ0n) is 20.5. The summed E-state index contributed by atoms with van der Waals surface area (Å²) in [6, 6.07) is 12.0. The molecule has 0 bridgehead atoms. The maximum absolute atomic E-state index is 12.9. The number of aromatic nitrogens is 1. The van der Waals surface area contributed by atoms with Gasteiger partial charge in [-0.25, -0.2) is 4.79 Å². The minimum absolute atomic E-state index is 0.00109. The molecule has 9 heteroatoms. The van der Waals surface area contributed by atoms with E-state index < -0.39 is 6.10 Å². The summed E-state index contributed by atoms with van der Waals surface area (Å²) < 4.78 is 5.27. The van der Waals surface area contributed by atoms with E-state index in [1.54, 1.807) is 22.1 Å². The van der Waals surface area contributed by atoms with Crippen molar-refractivity contribution in [2.45, 2.75) is 25.6 Å². The molecule has 1 N–H and O–H groups in total. The number of aliphatic hydroxyl groups is 1. The number of benzene rings is 1. The van der Waals surface area contributed by atoms with Crippen LogP contribution in [0.5, 0.6) is 0 Å². The summed E-state index contributed by atoms with van der Waals surface area (Å²) in [6.45, 7) is 7.24. The van der Waals surface area contributed by atoms with E-state index in [9.17, 15) is 14.7 Å². The summed E-state index contributed by atoms with van der Waals surface area (Å²) in [5.41, 5.74) is 4.23. The number of nitrogens with zero attached hydrogens (tertiary/aromatic N) is 5. The first-order chi connectivity index (χ1) is 17.5. The molecular formula is C27H33N5O4. The van der Waals surface area contributed by atoms with Crippen LogP contribution >= 0.6 is 0 Å². The van der Waals surface area contributed by atoms with E-state index in [1.807, 2.05) is 11.0 Å². The number of aliphatic hydroxyl groups excluding tert-OH is 1. The average Bonchev–Trinajstić information content (AvgIpc) is 3.16. The van der Waals surface area contributed by atoms with E-state index in [2.05, 4.69) is 34.1 Å². The van der Waals surface area contributed by atoms with Crippen molar-refractivity contribution in [3.8, 4) is 0 Å². The summed E-state index contributed by atoms with van der Waals surface area (Å²) >= 11 is 0. The first-order valence-electron chi connectivity index (χ1n) is 12.8. The number of hydrogen-bond acceptors (Lipinski definition) is 6. The molecule has 190 valence electrons. The monoisotopic (exact) mass is 491 g/mol. The molecule has 3 amide bonds. The zero-order valence-corrected chi connectivity index (χ0v) is 20.5. The number of carbonyl (C=O) groups excluding carboxylic acids is 2. The van der Waals surface area contributed by atoms with Gasteiger partial charge in [0.05, 0.1) is 42.5 Å². The number of carbonyl (C=O) groups is 2. The highest BCUT2D eigenvalue weighted by Gasteiger charge is 2.50. The second kappa shape index (κ2) is 9.46. The third kappa shape index (κ3) is 4.58. The third-order valence-electron chi connectivity index (χ3n) is 7.87. The van der Waals surface area contributed by atoms with E-state index in [-0.39, 0.29) is 17.4 Å². The van der Waals surface area contributed by atoms with E-state index in [4.69, 9.17) is 4.74 Å². The van der Waals surface area contributed by atoms with Gasteiger partial charge in [-0.05, 0) is 29.7 Å². The van der Waals surface area contributed by atoms with Crippen LogP contribution in [0.25, 0.3) is 0 Å². The number of pyridine rings is 1. The maximum atomic E-state index is 12.9. The van der Waals surface area contributed by atoms with Crippen LogP contribution < -0.4 is 0 Å². The van der Waals surface area contributed by atoms with Gasteiger partial charge < -0.3 is 24.5 Å². The number of β-amino-alcohol motifs (C(OH)–C–C–N with tert-alkyl or cyclic N) is 1. The highest BCUT2D eigenvalue weighted by Crippen LogP contribution is 2.38. The zero-order chi connectivity index (χ0) is 24.7. The van der Waals surface area contributed by atoms with Gasteiger partial charge in [0.1, 0.15) is 0 Å². The maximum Gasteiger partial charge on any atom is 0.320 e. The van der Waals surface area contributed by atoms with Crippen molar-refractivity contribution >= 4 is 11.9 Å². The molecule has 36 heavy (non-hydrogen) atoms. The molecule has 0 unspecified atom stereocenters. The van der Waals surface area contributed by atoms with Crippen molar-refractivity contribution in [3.63, 3.8) is 0 Å². The van der Waals surface area contributed by atoms with Crippen LogP contribution in [-0.2, 0) is 24.2 Å². The lowest BCUT2D eigenvalue weighted by atomic mass is 9.78. The first kappa shape index (κ1) is 23.4. The van der Waals surface area contributed by atoms with Gasteiger partial charge >= 0.3 is 6.03 Å². The fourth-order valence-corrected chi connectivity index (χ4v) is 5.77. The van der Waals surface area contributed by atoms with E-state index >= 15 is 0 Å². The summed E-state index contributed by atoms with van der Waals surface area (Å²) in [5.74, 6) is 0.00109. The lowest BCUT2D eigenvalue weighted by molar-refractivity contribution is -0.176. The van der Waals surface area contributed by atoms with Gasteiger partial charge in [0.25, 0.3) is 5.91 Å². The van der Waals surface area contributed by atoms with Gasteiger partial charge in [-0.15, -0.1) is 0 Å². The highest BCUT2D eigenvalue weighted by atomic mass is 16.5. The van der Waals surface area contributed by atoms with Gasteiger partial charge in [-0.2, -0.15) is 0 Å². The topological polar surface area (TPSA) is 89.5 Å². The molecule has 6 rings (SSSR count). The number of rotatable bonds is 7. The van der Waals surface area contributed by atoms with Crippen molar-refractivity contribution < 1.29 is 19.4 Å². The Morgan fingerprint density at radius 3 is 2.53 bits per heavy atom. The summed E-state index contributed by atoms with van der Waals surface area (Å²) in [5, 5.41) is 10.7. The van der Waals surface area contributed by atoms with Crippen molar-refractivity contribution in [1.82, 2.24) is 24.6 Å². The first-order valence-corrected chi connectivity index (χ1v) is 12.8. The lowest BCUT2D eigenvalue weighted by Crippen LogP contribution is -2.67. The standard InChI is InChI=1S/C27H33N5O4/c33-24(14-29-8-7-20-3-1-2-4-22(20)12-29)15-31-10-9-30(26(31)35)13-23-6-5-21(11-28-23)25(34)32-16-27(17-32)18-36-19-27/h1-6,11,24,33H,7-10,12-19H2/t24-/m1/s1. The molecule has 4 aliphatic rings. The largest absolute Gasteiger partial charge is 0.390 e. The molecule has 2 aromatic rings. The number of amides is 3.